The fraction of sp³-hybridized carbons (Fsp3) is 0.158. The molecule has 0 spiro atoms. The molecule has 0 saturated heterocycles. The smallest absolute Gasteiger partial charge is 0.253 e. The molecule has 122 valence electrons. The Kier molecular flexibility index (Phi) is 5.11. The van der Waals surface area contributed by atoms with Crippen LogP contribution < -0.4 is 10.6 Å². The molecule has 5 heteroatoms. The Hall–Kier alpha value is -2.40. The molecular formula is C19H17BrN2O2. The van der Waals surface area contributed by atoms with E-state index in [-0.39, 0.29) is 17.9 Å². The highest BCUT2D eigenvalue weighted by atomic mass is 79.9. The van der Waals surface area contributed by atoms with Gasteiger partial charge < -0.3 is 10.6 Å². The first-order chi connectivity index (χ1) is 11.6. The van der Waals surface area contributed by atoms with Crippen molar-refractivity contribution in [1.82, 2.24) is 5.32 Å². The Bertz CT molecular complexity index is 797. The van der Waals surface area contributed by atoms with E-state index in [1.807, 2.05) is 24.3 Å². The Morgan fingerprint density at radius 1 is 1.04 bits per heavy atom. The van der Waals surface area contributed by atoms with E-state index >= 15 is 0 Å². The summed E-state index contributed by atoms with van der Waals surface area (Å²) in [5, 5.41) is 5.71. The number of halogens is 1. The van der Waals surface area contributed by atoms with E-state index in [2.05, 4.69) is 26.6 Å². The van der Waals surface area contributed by atoms with Gasteiger partial charge in [0, 0.05) is 16.6 Å². The number of para-hydroxylation sites is 1. The second kappa shape index (κ2) is 7.45. The average molecular weight is 385 g/mol. The summed E-state index contributed by atoms with van der Waals surface area (Å²) in [6, 6.07) is 14.9. The molecule has 0 radical (unpaired) electrons. The molecule has 0 heterocycles. The molecule has 3 rings (SSSR count). The molecule has 2 amide bonds. The first-order valence-electron chi connectivity index (χ1n) is 7.77. The van der Waals surface area contributed by atoms with Gasteiger partial charge in [0.05, 0.1) is 11.3 Å². The number of rotatable bonds is 5. The van der Waals surface area contributed by atoms with Gasteiger partial charge in [-0.1, -0.05) is 46.3 Å². The molecule has 24 heavy (non-hydrogen) atoms. The van der Waals surface area contributed by atoms with Crippen LogP contribution in [-0.4, -0.2) is 17.9 Å². The van der Waals surface area contributed by atoms with Crippen LogP contribution >= 0.6 is 15.9 Å². The number of nitrogens with one attached hydrogen (secondary N) is 2. The molecule has 1 aliphatic carbocycles. The van der Waals surface area contributed by atoms with Crippen LogP contribution in [0.4, 0.5) is 5.69 Å². The van der Waals surface area contributed by atoms with Crippen LogP contribution in [0.15, 0.2) is 59.1 Å². The minimum Gasteiger partial charge on any atom is -0.349 e. The Morgan fingerprint density at radius 3 is 2.50 bits per heavy atom. The first kappa shape index (κ1) is 16.5. The predicted octanol–water partition coefficient (Wildman–Crippen LogP) is 3.99. The van der Waals surface area contributed by atoms with Crippen molar-refractivity contribution in [1.29, 1.82) is 0 Å². The molecule has 0 bridgehead atoms. The van der Waals surface area contributed by atoms with Crippen molar-refractivity contribution < 1.29 is 9.59 Å². The highest BCUT2D eigenvalue weighted by molar-refractivity contribution is 9.10. The normalized spacial score (nSPS) is 13.7. The van der Waals surface area contributed by atoms with Crippen LogP contribution in [-0.2, 0) is 4.79 Å². The monoisotopic (exact) mass is 384 g/mol. The number of amides is 2. The van der Waals surface area contributed by atoms with E-state index in [0.29, 0.717) is 11.3 Å². The van der Waals surface area contributed by atoms with Crippen LogP contribution in [0.2, 0.25) is 0 Å². The summed E-state index contributed by atoms with van der Waals surface area (Å²) < 4.78 is 0.915. The van der Waals surface area contributed by atoms with Crippen LogP contribution in [0.1, 0.15) is 28.8 Å². The Morgan fingerprint density at radius 2 is 1.75 bits per heavy atom. The van der Waals surface area contributed by atoms with Crippen molar-refractivity contribution in [2.75, 3.05) is 5.32 Å². The molecule has 2 aromatic carbocycles. The minimum absolute atomic E-state index is 0.150. The van der Waals surface area contributed by atoms with E-state index in [0.717, 1.165) is 22.9 Å². The van der Waals surface area contributed by atoms with Gasteiger partial charge in [-0.2, -0.15) is 0 Å². The third-order valence-electron chi connectivity index (χ3n) is 3.66. The average Bonchev–Trinajstić information content (AvgIpc) is 3.38. The van der Waals surface area contributed by atoms with Gasteiger partial charge in [-0.3, -0.25) is 9.59 Å². The molecule has 0 atom stereocenters. The largest absolute Gasteiger partial charge is 0.349 e. The molecule has 1 saturated carbocycles. The quantitative estimate of drug-likeness (QED) is 0.765. The highest BCUT2D eigenvalue weighted by Crippen LogP contribution is 2.22. The molecule has 2 aromatic rings. The lowest BCUT2D eigenvalue weighted by molar-refractivity contribution is -0.111. The fourth-order valence-corrected chi connectivity index (χ4v) is 2.65. The zero-order valence-corrected chi connectivity index (χ0v) is 14.5. The van der Waals surface area contributed by atoms with E-state index in [9.17, 15) is 9.59 Å². The molecule has 0 unspecified atom stereocenters. The SMILES string of the molecule is O=C(C=Cc1ccccc1Br)Nc1ccccc1C(=O)NC1CC1. The van der Waals surface area contributed by atoms with Crippen molar-refractivity contribution in [3.05, 3.63) is 70.2 Å². The highest BCUT2D eigenvalue weighted by Gasteiger charge is 2.24. The summed E-state index contributed by atoms with van der Waals surface area (Å²) in [7, 11) is 0. The number of carbonyl (C=O) groups is 2. The zero-order chi connectivity index (χ0) is 16.9. The third-order valence-corrected chi connectivity index (χ3v) is 4.38. The summed E-state index contributed by atoms with van der Waals surface area (Å²) in [5.74, 6) is -0.430. The molecule has 0 aromatic heterocycles. The summed E-state index contributed by atoms with van der Waals surface area (Å²) in [6.07, 6.45) is 5.23. The van der Waals surface area contributed by atoms with Gasteiger partial charge in [-0.25, -0.2) is 0 Å². The van der Waals surface area contributed by atoms with Gasteiger partial charge in [0.2, 0.25) is 5.91 Å². The summed E-state index contributed by atoms with van der Waals surface area (Å²) in [5.41, 5.74) is 1.90. The second-order valence-electron chi connectivity index (χ2n) is 5.64. The van der Waals surface area contributed by atoms with Gasteiger partial charge in [0.1, 0.15) is 0 Å². The van der Waals surface area contributed by atoms with Gasteiger partial charge in [-0.05, 0) is 42.7 Å². The van der Waals surface area contributed by atoms with Crippen LogP contribution in [0, 0.1) is 0 Å². The van der Waals surface area contributed by atoms with E-state index in [1.165, 1.54) is 6.08 Å². The predicted molar refractivity (Wildman–Crippen MR) is 98.7 cm³/mol. The molecular weight excluding hydrogens is 368 g/mol. The maximum Gasteiger partial charge on any atom is 0.253 e. The lowest BCUT2D eigenvalue weighted by Crippen LogP contribution is -2.26. The Labute approximate surface area is 149 Å². The summed E-state index contributed by atoms with van der Waals surface area (Å²) in [4.78, 5) is 24.4. The van der Waals surface area contributed by atoms with Crippen molar-refractivity contribution >= 4 is 39.5 Å². The lowest BCUT2D eigenvalue weighted by atomic mass is 10.1. The number of anilines is 1. The number of hydrogen-bond acceptors (Lipinski definition) is 2. The minimum atomic E-state index is -0.280. The van der Waals surface area contributed by atoms with E-state index < -0.39 is 0 Å². The lowest BCUT2D eigenvalue weighted by Gasteiger charge is -2.10. The van der Waals surface area contributed by atoms with Crippen molar-refractivity contribution in [2.24, 2.45) is 0 Å². The zero-order valence-electron chi connectivity index (χ0n) is 13.0. The van der Waals surface area contributed by atoms with Gasteiger partial charge >= 0.3 is 0 Å². The van der Waals surface area contributed by atoms with Crippen molar-refractivity contribution in [3.63, 3.8) is 0 Å². The maximum atomic E-state index is 12.2. The van der Waals surface area contributed by atoms with Crippen LogP contribution in [0.3, 0.4) is 0 Å². The van der Waals surface area contributed by atoms with Crippen LogP contribution in [0.25, 0.3) is 6.08 Å². The number of hydrogen-bond donors (Lipinski definition) is 2. The van der Waals surface area contributed by atoms with E-state index in [1.54, 1.807) is 30.3 Å². The van der Waals surface area contributed by atoms with Crippen molar-refractivity contribution in [3.8, 4) is 0 Å². The number of carbonyl (C=O) groups excluding carboxylic acids is 2. The summed E-state index contributed by atoms with van der Waals surface area (Å²) >= 11 is 3.44. The van der Waals surface area contributed by atoms with E-state index in [4.69, 9.17) is 0 Å². The van der Waals surface area contributed by atoms with Crippen LogP contribution in [0.5, 0.6) is 0 Å². The molecule has 0 aliphatic heterocycles. The first-order valence-corrected chi connectivity index (χ1v) is 8.56. The maximum absolute atomic E-state index is 12.2. The second-order valence-corrected chi connectivity index (χ2v) is 6.49. The molecule has 1 aliphatic rings. The van der Waals surface area contributed by atoms with Gasteiger partial charge in [-0.15, -0.1) is 0 Å². The Balaban J connectivity index is 1.70. The molecule has 2 N–H and O–H groups in total. The molecule has 4 nitrogen and oxygen atoms in total. The molecule has 1 fully saturated rings. The third kappa shape index (κ3) is 4.32. The standard InChI is InChI=1S/C19H17BrN2O2/c20-16-7-3-1-5-13(16)9-12-18(23)22-17-8-4-2-6-15(17)19(24)21-14-10-11-14/h1-9,12,14H,10-11H2,(H,21,24)(H,22,23). The topological polar surface area (TPSA) is 58.2 Å². The fourth-order valence-electron chi connectivity index (χ4n) is 2.23. The van der Waals surface area contributed by atoms with Gasteiger partial charge in [0.15, 0.2) is 0 Å². The van der Waals surface area contributed by atoms with Gasteiger partial charge in [0.25, 0.3) is 5.91 Å². The van der Waals surface area contributed by atoms with Crippen molar-refractivity contribution in [2.45, 2.75) is 18.9 Å². The number of benzene rings is 2. The summed E-state index contributed by atoms with van der Waals surface area (Å²) in [6.45, 7) is 0.